The molecular weight excluding hydrogens is 220 g/mol. The zero-order chi connectivity index (χ0) is 12.8. The minimum absolute atomic E-state index is 0.802. The van der Waals surface area contributed by atoms with Crippen LogP contribution in [-0.2, 0) is 0 Å². The van der Waals surface area contributed by atoms with Gasteiger partial charge < -0.3 is 10.2 Å². The molecule has 2 aliphatic rings. The van der Waals surface area contributed by atoms with Gasteiger partial charge in [0.05, 0.1) is 0 Å². The van der Waals surface area contributed by atoms with Gasteiger partial charge in [0.15, 0.2) is 0 Å². The summed E-state index contributed by atoms with van der Waals surface area (Å²) >= 11 is 0. The second-order valence-electron chi connectivity index (χ2n) is 6.83. The van der Waals surface area contributed by atoms with Crippen molar-refractivity contribution in [2.45, 2.75) is 64.8 Å². The van der Waals surface area contributed by atoms with E-state index in [4.69, 9.17) is 0 Å². The summed E-state index contributed by atoms with van der Waals surface area (Å²) in [4.78, 5) is 2.64. The molecule has 2 heteroatoms. The van der Waals surface area contributed by atoms with Crippen LogP contribution in [0.2, 0.25) is 0 Å². The van der Waals surface area contributed by atoms with Crippen LogP contribution in [-0.4, -0.2) is 37.1 Å². The zero-order valence-corrected chi connectivity index (χ0v) is 12.5. The SMILES string of the molecule is CC1CCCC(NCC(C)CN2CCCC2)CC1. The number of likely N-dealkylation sites (tertiary alicyclic amines) is 1. The molecule has 1 aliphatic heterocycles. The lowest BCUT2D eigenvalue weighted by Gasteiger charge is -2.23. The van der Waals surface area contributed by atoms with E-state index in [1.54, 1.807) is 0 Å². The van der Waals surface area contributed by atoms with Crippen molar-refractivity contribution in [2.24, 2.45) is 11.8 Å². The molecular formula is C16H32N2. The smallest absolute Gasteiger partial charge is 0.00672 e. The van der Waals surface area contributed by atoms with E-state index in [-0.39, 0.29) is 0 Å². The molecule has 1 N–H and O–H groups in total. The van der Waals surface area contributed by atoms with Gasteiger partial charge in [-0.3, -0.25) is 0 Å². The first-order chi connectivity index (χ1) is 8.74. The molecule has 0 aromatic rings. The van der Waals surface area contributed by atoms with Crippen LogP contribution in [0.25, 0.3) is 0 Å². The normalized spacial score (nSPS) is 32.3. The molecule has 106 valence electrons. The number of hydrogen-bond acceptors (Lipinski definition) is 2. The zero-order valence-electron chi connectivity index (χ0n) is 12.5. The summed E-state index contributed by atoms with van der Waals surface area (Å²) in [5, 5.41) is 3.83. The average molecular weight is 252 g/mol. The van der Waals surface area contributed by atoms with Crippen molar-refractivity contribution < 1.29 is 0 Å². The molecule has 0 aromatic heterocycles. The average Bonchev–Trinajstić information content (AvgIpc) is 2.76. The topological polar surface area (TPSA) is 15.3 Å². The van der Waals surface area contributed by atoms with Crippen molar-refractivity contribution in [3.05, 3.63) is 0 Å². The van der Waals surface area contributed by atoms with E-state index in [1.807, 2.05) is 0 Å². The van der Waals surface area contributed by atoms with Crippen molar-refractivity contribution in [1.82, 2.24) is 10.2 Å². The van der Waals surface area contributed by atoms with Crippen molar-refractivity contribution >= 4 is 0 Å². The second-order valence-corrected chi connectivity index (χ2v) is 6.83. The maximum Gasteiger partial charge on any atom is 0.00672 e. The Kier molecular flexibility index (Phi) is 5.97. The molecule has 0 bridgehead atoms. The van der Waals surface area contributed by atoms with Crippen molar-refractivity contribution in [3.8, 4) is 0 Å². The van der Waals surface area contributed by atoms with Gasteiger partial charge in [0.25, 0.3) is 0 Å². The van der Waals surface area contributed by atoms with Crippen LogP contribution in [0.4, 0.5) is 0 Å². The number of rotatable bonds is 5. The Morgan fingerprint density at radius 3 is 2.61 bits per heavy atom. The van der Waals surface area contributed by atoms with Gasteiger partial charge in [-0.15, -0.1) is 0 Å². The highest BCUT2D eigenvalue weighted by atomic mass is 15.1. The van der Waals surface area contributed by atoms with E-state index < -0.39 is 0 Å². The van der Waals surface area contributed by atoms with E-state index in [2.05, 4.69) is 24.1 Å². The molecule has 2 fully saturated rings. The molecule has 2 nitrogen and oxygen atoms in total. The first-order valence-electron chi connectivity index (χ1n) is 8.20. The Morgan fingerprint density at radius 2 is 1.83 bits per heavy atom. The van der Waals surface area contributed by atoms with Gasteiger partial charge in [0.1, 0.15) is 0 Å². The van der Waals surface area contributed by atoms with Gasteiger partial charge in [-0.25, -0.2) is 0 Å². The molecule has 0 aromatic carbocycles. The maximum atomic E-state index is 3.83. The predicted molar refractivity (Wildman–Crippen MR) is 78.9 cm³/mol. The summed E-state index contributed by atoms with van der Waals surface area (Å²) in [5.74, 6) is 1.77. The second kappa shape index (κ2) is 7.49. The van der Waals surface area contributed by atoms with Gasteiger partial charge in [0, 0.05) is 12.6 Å². The van der Waals surface area contributed by atoms with Gasteiger partial charge >= 0.3 is 0 Å². The number of nitrogens with zero attached hydrogens (tertiary/aromatic N) is 1. The van der Waals surface area contributed by atoms with Crippen LogP contribution in [0.15, 0.2) is 0 Å². The lowest BCUT2D eigenvalue weighted by atomic mass is 10.0. The predicted octanol–water partition coefficient (Wildman–Crippen LogP) is 3.28. The third kappa shape index (κ3) is 4.89. The molecule has 3 atom stereocenters. The quantitative estimate of drug-likeness (QED) is 0.755. The molecule has 0 radical (unpaired) electrons. The van der Waals surface area contributed by atoms with Crippen molar-refractivity contribution in [3.63, 3.8) is 0 Å². The highest BCUT2D eigenvalue weighted by Gasteiger charge is 2.18. The fraction of sp³-hybridized carbons (Fsp3) is 1.00. The molecule has 3 unspecified atom stereocenters. The van der Waals surface area contributed by atoms with Crippen LogP contribution in [0.5, 0.6) is 0 Å². The van der Waals surface area contributed by atoms with Crippen LogP contribution >= 0.6 is 0 Å². The molecule has 0 amide bonds. The fourth-order valence-corrected chi connectivity index (χ4v) is 3.53. The highest BCUT2D eigenvalue weighted by Crippen LogP contribution is 2.22. The van der Waals surface area contributed by atoms with Gasteiger partial charge in [0.2, 0.25) is 0 Å². The molecule has 1 aliphatic carbocycles. The lowest BCUT2D eigenvalue weighted by Crippen LogP contribution is -2.36. The van der Waals surface area contributed by atoms with E-state index in [0.29, 0.717) is 0 Å². The summed E-state index contributed by atoms with van der Waals surface area (Å²) in [7, 11) is 0. The molecule has 2 rings (SSSR count). The summed E-state index contributed by atoms with van der Waals surface area (Å²) in [5.41, 5.74) is 0. The van der Waals surface area contributed by atoms with E-state index in [1.165, 1.54) is 71.1 Å². The standard InChI is InChI=1S/C16H32N2/c1-14-6-5-7-16(9-8-14)17-12-15(2)13-18-10-3-4-11-18/h14-17H,3-13H2,1-2H3. The minimum atomic E-state index is 0.802. The monoisotopic (exact) mass is 252 g/mol. The van der Waals surface area contributed by atoms with Crippen LogP contribution in [0.3, 0.4) is 0 Å². The molecule has 1 heterocycles. The maximum absolute atomic E-state index is 3.83. The molecule has 18 heavy (non-hydrogen) atoms. The van der Waals surface area contributed by atoms with E-state index >= 15 is 0 Å². The van der Waals surface area contributed by atoms with Crippen molar-refractivity contribution in [2.75, 3.05) is 26.2 Å². The fourth-order valence-electron chi connectivity index (χ4n) is 3.53. The Labute approximate surface area is 114 Å². The lowest BCUT2D eigenvalue weighted by molar-refractivity contribution is 0.275. The summed E-state index contributed by atoms with van der Waals surface area (Å²) in [6, 6.07) is 0.802. The van der Waals surface area contributed by atoms with Gasteiger partial charge in [-0.05, 0) is 63.6 Å². The van der Waals surface area contributed by atoms with Crippen LogP contribution in [0.1, 0.15) is 58.8 Å². The molecule has 1 saturated heterocycles. The highest BCUT2D eigenvalue weighted by molar-refractivity contribution is 4.76. The largest absolute Gasteiger partial charge is 0.314 e. The van der Waals surface area contributed by atoms with Gasteiger partial charge in [-0.2, -0.15) is 0 Å². The third-order valence-corrected chi connectivity index (χ3v) is 4.78. The number of hydrogen-bond donors (Lipinski definition) is 1. The summed E-state index contributed by atoms with van der Waals surface area (Å²) < 4.78 is 0. The first-order valence-corrected chi connectivity index (χ1v) is 8.20. The van der Waals surface area contributed by atoms with Gasteiger partial charge in [-0.1, -0.05) is 26.7 Å². The summed E-state index contributed by atoms with van der Waals surface area (Å²) in [6.45, 7) is 10.0. The summed E-state index contributed by atoms with van der Waals surface area (Å²) in [6.07, 6.45) is 9.94. The first kappa shape index (κ1) is 14.3. The Balaban J connectivity index is 1.60. The molecule has 0 spiro atoms. The van der Waals surface area contributed by atoms with Crippen LogP contribution < -0.4 is 5.32 Å². The van der Waals surface area contributed by atoms with E-state index in [0.717, 1.165) is 17.9 Å². The Morgan fingerprint density at radius 1 is 1.06 bits per heavy atom. The third-order valence-electron chi connectivity index (χ3n) is 4.78. The van der Waals surface area contributed by atoms with E-state index in [9.17, 15) is 0 Å². The van der Waals surface area contributed by atoms with Crippen LogP contribution in [0, 0.1) is 11.8 Å². The minimum Gasteiger partial charge on any atom is -0.314 e. The Hall–Kier alpha value is -0.0800. The van der Waals surface area contributed by atoms with Crippen molar-refractivity contribution in [1.29, 1.82) is 0 Å². The molecule has 1 saturated carbocycles. The number of nitrogens with one attached hydrogen (secondary N) is 1. The Bertz CT molecular complexity index is 223.